The van der Waals surface area contributed by atoms with E-state index in [0.717, 1.165) is 51.7 Å². The summed E-state index contributed by atoms with van der Waals surface area (Å²) < 4.78 is 37.4. The van der Waals surface area contributed by atoms with E-state index in [1.54, 1.807) is 12.4 Å². The summed E-state index contributed by atoms with van der Waals surface area (Å²) in [5, 5.41) is 30.9. The van der Waals surface area contributed by atoms with E-state index < -0.39 is 35.7 Å². The summed E-state index contributed by atoms with van der Waals surface area (Å²) in [5.41, 5.74) is 2.62. The highest BCUT2D eigenvalue weighted by molar-refractivity contribution is 9.09. The molecule has 6 aliphatic rings. The Hall–Kier alpha value is -5.60. The number of aliphatic imine (C=N–C) groups is 2. The average Bonchev–Trinajstić information content (AvgIpc) is 1.55. The van der Waals surface area contributed by atoms with Gasteiger partial charge in [0.15, 0.2) is 21.7 Å². The van der Waals surface area contributed by atoms with Gasteiger partial charge >= 0.3 is 24.0 Å². The first-order valence-corrected chi connectivity index (χ1v) is 31.9. The van der Waals surface area contributed by atoms with Crippen LogP contribution in [0.3, 0.4) is 0 Å². The number of ether oxygens (including phenoxy) is 2. The number of piperidine rings is 1. The quantitative estimate of drug-likeness (QED) is 0.0508. The number of alkyl halides is 1. The Labute approximate surface area is 536 Å². The molecule has 4 aromatic rings. The Balaban J connectivity index is 0.000000228. The molecule has 26 heteroatoms. The maximum absolute atomic E-state index is 13.9. The Bertz CT molecular complexity index is 3150. The molecule has 4 amide bonds. The molecule has 4 N–H and O–H groups in total. The lowest BCUT2D eigenvalue weighted by atomic mass is 9.89. The van der Waals surface area contributed by atoms with Crippen LogP contribution in [0.5, 0.6) is 0 Å². The molecule has 4 fully saturated rings. The minimum absolute atomic E-state index is 0. The van der Waals surface area contributed by atoms with Crippen molar-refractivity contribution in [2.24, 2.45) is 20.8 Å². The molecule has 2 unspecified atom stereocenters. The fourth-order valence-electron chi connectivity index (χ4n) is 11.1. The predicted molar refractivity (Wildman–Crippen MR) is 343 cm³/mol. The van der Waals surface area contributed by atoms with Crippen molar-refractivity contribution in [3.8, 4) is 0 Å². The Morgan fingerprint density at radius 1 is 0.701 bits per heavy atom. The first-order chi connectivity index (χ1) is 40.7. The van der Waals surface area contributed by atoms with Gasteiger partial charge < -0.3 is 49.9 Å². The largest absolute Gasteiger partial charge is 0.466 e. The van der Waals surface area contributed by atoms with Crippen molar-refractivity contribution in [1.29, 1.82) is 0 Å². The molecule has 2 aromatic heterocycles. The van der Waals surface area contributed by atoms with Gasteiger partial charge in [-0.15, -0.1) is 22.7 Å². The molecule has 8 heterocycles. The van der Waals surface area contributed by atoms with E-state index in [2.05, 4.69) is 65.2 Å². The number of amidine groups is 2. The van der Waals surface area contributed by atoms with Crippen LogP contribution in [-0.4, -0.2) is 184 Å². The number of rotatable bonds is 19. The van der Waals surface area contributed by atoms with Gasteiger partial charge in [-0.1, -0.05) is 93.8 Å². The number of aliphatic hydroxyl groups excluding tert-OH is 2. The van der Waals surface area contributed by atoms with Gasteiger partial charge in [0, 0.05) is 133 Å². The minimum atomic E-state index is -0.825. The molecule has 6 aliphatic heterocycles. The number of benzene rings is 2. The van der Waals surface area contributed by atoms with Gasteiger partial charge in [0.2, 0.25) is 0 Å². The molecule has 0 spiro atoms. The SMILES string of the molecule is C.C.CC(C)(CO)CCCN1CC2CCCCN2C1=O.COC(=O)C1=C(CBr)NC(c2nccs2)=N[C@H]1c1ccc(F)cc1Cl.COC(=O)C1=C(CN2CCN3C(=O)N(CCCC(C)(C)CO)CC3C2)NC(c2nccs2)=N[C@H]1c1ccc(F)cc1Cl. The van der Waals surface area contributed by atoms with Gasteiger partial charge in [-0.25, -0.2) is 37.9 Å². The van der Waals surface area contributed by atoms with Crippen molar-refractivity contribution in [1.82, 2.24) is 45.1 Å². The van der Waals surface area contributed by atoms with Crippen LogP contribution in [0.4, 0.5) is 18.4 Å². The van der Waals surface area contributed by atoms with Crippen molar-refractivity contribution in [2.45, 2.75) is 112 Å². The normalized spacial score (nSPS) is 20.3. The number of halogens is 5. The number of nitrogens with zero attached hydrogens (tertiary/aromatic N) is 9. The zero-order valence-corrected chi connectivity index (χ0v) is 53.3. The predicted octanol–water partition coefficient (Wildman–Crippen LogP) is 10.9. The highest BCUT2D eigenvalue weighted by Gasteiger charge is 2.43. The molecular formula is C61H82BrCl2F2N11O8S2. The number of methoxy groups -OCH3 is 2. The number of thiazole rings is 2. The van der Waals surface area contributed by atoms with E-state index in [1.165, 1.54) is 86.1 Å². The van der Waals surface area contributed by atoms with Crippen molar-refractivity contribution in [2.75, 3.05) is 91.7 Å². The van der Waals surface area contributed by atoms with Gasteiger partial charge in [-0.05, 0) is 80.0 Å². The molecule has 0 bridgehead atoms. The number of carbonyl (C=O) groups is 4. The van der Waals surface area contributed by atoms with E-state index in [4.69, 9.17) is 37.7 Å². The number of hydrogen-bond donors (Lipinski definition) is 4. The van der Waals surface area contributed by atoms with E-state index in [1.807, 2.05) is 39.3 Å². The van der Waals surface area contributed by atoms with Crippen LogP contribution in [0.15, 0.2) is 92.1 Å². The minimum Gasteiger partial charge on any atom is -0.466 e. The van der Waals surface area contributed by atoms with E-state index in [-0.39, 0.29) is 67.0 Å². The highest BCUT2D eigenvalue weighted by atomic mass is 79.9. The monoisotopic (exact) mass is 1350 g/mol. The summed E-state index contributed by atoms with van der Waals surface area (Å²) in [6, 6.07) is 7.27. The van der Waals surface area contributed by atoms with Crippen LogP contribution in [0.25, 0.3) is 0 Å². The third kappa shape index (κ3) is 17.4. The molecule has 4 atom stereocenters. The van der Waals surface area contributed by atoms with Crippen LogP contribution in [0.1, 0.15) is 121 Å². The lowest BCUT2D eigenvalue weighted by molar-refractivity contribution is -0.137. The summed E-state index contributed by atoms with van der Waals surface area (Å²) in [6.45, 7) is 14.7. The number of esters is 2. The lowest BCUT2D eigenvalue weighted by Gasteiger charge is -2.38. The molecule has 4 saturated heterocycles. The Morgan fingerprint density at radius 3 is 1.61 bits per heavy atom. The Morgan fingerprint density at radius 2 is 1.17 bits per heavy atom. The number of amides is 4. The summed E-state index contributed by atoms with van der Waals surface area (Å²) in [5.74, 6) is -1.03. The smallest absolute Gasteiger partial charge is 0.338 e. The number of urea groups is 2. The molecular weight excluding hydrogens is 1270 g/mol. The maximum atomic E-state index is 13.9. The number of carbonyl (C=O) groups excluding carboxylic acids is 4. The van der Waals surface area contributed by atoms with Crippen LogP contribution >= 0.6 is 61.8 Å². The van der Waals surface area contributed by atoms with Crippen molar-refractivity contribution >= 4 is 97.5 Å². The first-order valence-electron chi connectivity index (χ1n) is 28.3. The van der Waals surface area contributed by atoms with E-state index in [0.29, 0.717) is 106 Å². The standard InChI is InChI=1S/C29H36ClFN6O4S.C16H12BrClFN3O2S.C14H26N2O2.2CH4/c1-29(2,17-38)7-4-9-36-15-19-14-35(10-11-37(19)28(36)40)16-22-23(27(39)41-3)24(20-6-5-18(31)13-21(20)30)34-25(33-22)26-32-8-12-42-26;1-24-16(23)12-11(7-17)21-14(15-20-4-5-25-15)22-13(12)9-3-2-8(19)6-10(9)18;1-14(2,11-17)7-5-8-15-10-12-6-3-4-9-16(12)13(15)18;;/h5-6,8,12-13,19,24,38H,4,7,9-11,14-17H2,1-3H3,(H,33,34);2-6,13H,7H2,1H3,(H,21,22);12,17H,3-11H2,1-2H3;2*1H4/t19?,24-;13-;;;/m00.../s1. The van der Waals surface area contributed by atoms with Gasteiger partial charge in [0.05, 0.1) is 37.4 Å². The molecule has 0 aliphatic carbocycles. The second-order valence-electron chi connectivity index (χ2n) is 23.2. The van der Waals surface area contributed by atoms with Gasteiger partial charge in [-0.2, -0.15) is 0 Å². The number of nitrogens with one attached hydrogen (secondary N) is 2. The number of aromatic nitrogens is 2. The van der Waals surface area contributed by atoms with Crippen LogP contribution in [0.2, 0.25) is 10.0 Å². The van der Waals surface area contributed by atoms with Crippen molar-refractivity contribution < 1.29 is 47.6 Å². The average molecular weight is 1350 g/mol. The van der Waals surface area contributed by atoms with E-state index >= 15 is 0 Å². The topological polar surface area (TPSA) is 218 Å². The second-order valence-corrected chi connectivity index (χ2v) is 26.3. The van der Waals surface area contributed by atoms with Gasteiger partial charge in [-0.3, -0.25) is 14.9 Å². The second kappa shape index (κ2) is 31.7. The van der Waals surface area contributed by atoms with Crippen LogP contribution in [-0.2, 0) is 19.1 Å². The molecule has 0 saturated carbocycles. The number of allylic oxidation sites excluding steroid dienone is 1. The fourth-order valence-corrected chi connectivity index (χ4v) is 13.3. The molecule has 2 aromatic carbocycles. The maximum Gasteiger partial charge on any atom is 0.338 e. The fraction of sp³-hybridized carbons (Fsp3) is 0.541. The van der Waals surface area contributed by atoms with Crippen LogP contribution < -0.4 is 10.6 Å². The molecule has 87 heavy (non-hydrogen) atoms. The number of hydrogen-bond acceptors (Lipinski definition) is 17. The Kier molecular flexibility index (Phi) is 25.7. The third-order valence-corrected chi connectivity index (χ3v) is 18.6. The van der Waals surface area contributed by atoms with Gasteiger partial charge in [0.25, 0.3) is 0 Å². The first kappa shape index (κ1) is 70.5. The van der Waals surface area contributed by atoms with Crippen molar-refractivity contribution in [3.05, 3.63) is 125 Å². The van der Waals surface area contributed by atoms with E-state index in [9.17, 15) is 38.2 Å². The third-order valence-electron chi connectivity index (χ3n) is 15.9. The number of fused-ring (bicyclic) bond motifs is 2. The van der Waals surface area contributed by atoms with Gasteiger partial charge in [0.1, 0.15) is 23.7 Å². The number of piperazine rings is 1. The zero-order valence-electron chi connectivity index (χ0n) is 48.6. The molecule has 19 nitrogen and oxygen atoms in total. The molecule has 0 radical (unpaired) electrons. The zero-order chi connectivity index (χ0) is 61.2. The van der Waals surface area contributed by atoms with Crippen molar-refractivity contribution in [3.63, 3.8) is 0 Å². The van der Waals surface area contributed by atoms with Crippen LogP contribution in [0, 0.1) is 22.5 Å². The summed E-state index contributed by atoms with van der Waals surface area (Å²) in [4.78, 5) is 79.0. The summed E-state index contributed by atoms with van der Waals surface area (Å²) in [6.07, 6.45) is 10.6. The molecule has 476 valence electrons. The number of aliphatic hydroxyl groups is 2. The summed E-state index contributed by atoms with van der Waals surface area (Å²) in [7, 11) is 2.61. The molecule has 10 rings (SSSR count). The summed E-state index contributed by atoms with van der Waals surface area (Å²) >= 11 is 18.9. The highest BCUT2D eigenvalue weighted by Crippen LogP contribution is 2.39. The lowest BCUT2D eigenvalue weighted by Crippen LogP contribution is -2.53.